The van der Waals surface area contributed by atoms with Gasteiger partial charge in [0.15, 0.2) is 0 Å². The summed E-state index contributed by atoms with van der Waals surface area (Å²) >= 11 is 1.73. The topological polar surface area (TPSA) is 57.2 Å². The highest BCUT2D eigenvalue weighted by Gasteiger charge is 2.22. The highest BCUT2D eigenvalue weighted by Crippen LogP contribution is 2.28. The summed E-state index contributed by atoms with van der Waals surface area (Å²) in [6.45, 7) is 6.93. The molecule has 1 aliphatic heterocycles. The number of rotatable bonds is 5. The lowest BCUT2D eigenvalue weighted by molar-refractivity contribution is 0.246. The van der Waals surface area contributed by atoms with E-state index in [0.29, 0.717) is 6.04 Å². The molecule has 3 aromatic rings. The Hall–Kier alpha value is -2.25. The van der Waals surface area contributed by atoms with Gasteiger partial charge in [-0.1, -0.05) is 25.0 Å². The number of hydrogen-bond donors (Lipinski definition) is 1. The van der Waals surface area contributed by atoms with Crippen LogP contribution in [0.1, 0.15) is 36.4 Å². The number of nitrogens with one attached hydrogen (secondary N) is 1. The second-order valence-electron chi connectivity index (χ2n) is 8.14. The zero-order valence-electron chi connectivity index (χ0n) is 17.0. The van der Waals surface area contributed by atoms with Gasteiger partial charge in [-0.25, -0.2) is 9.97 Å². The Morgan fingerprint density at radius 3 is 2.59 bits per heavy atom. The fourth-order valence-electron chi connectivity index (χ4n) is 4.40. The van der Waals surface area contributed by atoms with Crippen LogP contribution in [-0.2, 0) is 6.54 Å². The Morgan fingerprint density at radius 2 is 1.83 bits per heavy atom. The molecule has 29 heavy (non-hydrogen) atoms. The van der Waals surface area contributed by atoms with E-state index in [-0.39, 0.29) is 0 Å². The normalized spacial score (nSPS) is 18.6. The third-order valence-corrected chi connectivity index (χ3v) is 6.82. The Bertz CT molecular complexity index is 972. The fourth-order valence-corrected chi connectivity index (χ4v) is 5.00. The first-order valence-corrected chi connectivity index (χ1v) is 11.5. The quantitative estimate of drug-likeness (QED) is 0.687. The number of para-hydroxylation sites is 1. The number of benzene rings is 1. The van der Waals surface area contributed by atoms with Gasteiger partial charge in [-0.2, -0.15) is 4.98 Å². The Morgan fingerprint density at radius 1 is 1.03 bits per heavy atom. The largest absolute Gasteiger partial charge is 0.367 e. The first-order valence-electron chi connectivity index (χ1n) is 10.7. The molecule has 2 fully saturated rings. The third kappa shape index (κ3) is 4.21. The maximum Gasteiger partial charge on any atom is 0.227 e. The number of nitrogens with zero attached hydrogens (tertiary/aromatic N) is 5. The van der Waals surface area contributed by atoms with Crippen LogP contribution in [0.3, 0.4) is 0 Å². The van der Waals surface area contributed by atoms with E-state index in [1.165, 1.54) is 31.4 Å². The van der Waals surface area contributed by atoms with Crippen LogP contribution in [0.15, 0.2) is 29.6 Å². The van der Waals surface area contributed by atoms with E-state index in [1.54, 1.807) is 11.3 Å². The third-order valence-electron chi connectivity index (χ3n) is 5.99. The molecule has 6 nitrogen and oxygen atoms in total. The molecule has 3 heterocycles. The van der Waals surface area contributed by atoms with Crippen molar-refractivity contribution in [3.8, 4) is 0 Å². The first-order chi connectivity index (χ1) is 14.2. The lowest BCUT2D eigenvalue weighted by atomic mass is 10.2. The summed E-state index contributed by atoms with van der Waals surface area (Å²) in [4.78, 5) is 19.3. The molecule has 0 spiro atoms. The zero-order chi connectivity index (χ0) is 19.6. The van der Waals surface area contributed by atoms with Gasteiger partial charge in [-0.05, 0) is 31.9 Å². The van der Waals surface area contributed by atoms with Crippen LogP contribution in [0.5, 0.6) is 0 Å². The molecule has 0 unspecified atom stereocenters. The van der Waals surface area contributed by atoms with E-state index < -0.39 is 0 Å². The van der Waals surface area contributed by atoms with E-state index in [2.05, 4.69) is 56.7 Å². The average Bonchev–Trinajstić information content (AvgIpc) is 3.40. The number of fused-ring (bicyclic) bond motifs is 1. The van der Waals surface area contributed by atoms with Crippen LogP contribution in [0.2, 0.25) is 0 Å². The van der Waals surface area contributed by atoms with Crippen LogP contribution in [0, 0.1) is 6.92 Å². The van der Waals surface area contributed by atoms with Crippen molar-refractivity contribution in [1.29, 1.82) is 0 Å². The summed E-state index contributed by atoms with van der Waals surface area (Å²) in [6, 6.07) is 8.90. The van der Waals surface area contributed by atoms with Crippen molar-refractivity contribution in [2.24, 2.45) is 0 Å². The van der Waals surface area contributed by atoms with Crippen molar-refractivity contribution in [1.82, 2.24) is 19.9 Å². The smallest absolute Gasteiger partial charge is 0.227 e. The summed E-state index contributed by atoms with van der Waals surface area (Å²) in [7, 11) is 0. The van der Waals surface area contributed by atoms with Crippen molar-refractivity contribution in [3.63, 3.8) is 0 Å². The van der Waals surface area contributed by atoms with E-state index in [4.69, 9.17) is 9.97 Å². The number of anilines is 2. The Balaban J connectivity index is 1.32. The zero-order valence-corrected chi connectivity index (χ0v) is 17.8. The fraction of sp³-hybridized carbons (Fsp3) is 0.500. The lowest BCUT2D eigenvalue weighted by Crippen LogP contribution is -2.46. The molecule has 152 valence electrons. The summed E-state index contributed by atoms with van der Waals surface area (Å²) in [5.74, 6) is 1.85. The predicted octanol–water partition coefficient (Wildman–Crippen LogP) is 4.07. The Kier molecular flexibility index (Phi) is 5.33. The van der Waals surface area contributed by atoms with Gasteiger partial charge in [-0.15, -0.1) is 11.3 Å². The molecule has 1 saturated carbocycles. The number of thiazole rings is 1. The predicted molar refractivity (Wildman–Crippen MR) is 120 cm³/mol. The van der Waals surface area contributed by atoms with Gasteiger partial charge in [-0.3, -0.25) is 4.90 Å². The van der Waals surface area contributed by atoms with E-state index >= 15 is 0 Å². The van der Waals surface area contributed by atoms with E-state index in [1.807, 2.05) is 0 Å². The molecular formula is C22H28N6S. The molecule has 0 amide bonds. The number of aromatic nitrogens is 3. The molecule has 7 heteroatoms. The van der Waals surface area contributed by atoms with Crippen molar-refractivity contribution in [3.05, 3.63) is 40.3 Å². The number of aryl methyl sites for hydroxylation is 1. The SMILES string of the molecule is Cc1nc(CN2CCN(c3nc(NC4CCCC4)c4ccccc4n3)CC2)cs1. The molecule has 1 aliphatic carbocycles. The highest BCUT2D eigenvalue weighted by molar-refractivity contribution is 7.09. The number of hydrogen-bond acceptors (Lipinski definition) is 7. The minimum absolute atomic E-state index is 0.541. The summed E-state index contributed by atoms with van der Waals surface area (Å²) in [5, 5.41) is 8.16. The molecule has 2 aliphatic rings. The molecule has 5 rings (SSSR count). The molecule has 1 N–H and O–H groups in total. The molecule has 1 saturated heterocycles. The minimum Gasteiger partial charge on any atom is -0.367 e. The summed E-state index contributed by atoms with van der Waals surface area (Å²) < 4.78 is 0. The van der Waals surface area contributed by atoms with Gasteiger partial charge in [0, 0.05) is 49.5 Å². The van der Waals surface area contributed by atoms with Crippen LogP contribution in [0.25, 0.3) is 10.9 Å². The van der Waals surface area contributed by atoms with Gasteiger partial charge in [0.25, 0.3) is 0 Å². The monoisotopic (exact) mass is 408 g/mol. The Labute approximate surface area is 176 Å². The van der Waals surface area contributed by atoms with Gasteiger partial charge in [0.1, 0.15) is 5.82 Å². The maximum absolute atomic E-state index is 4.97. The van der Waals surface area contributed by atoms with Crippen LogP contribution in [-0.4, -0.2) is 52.1 Å². The number of piperazine rings is 1. The minimum atomic E-state index is 0.541. The second kappa shape index (κ2) is 8.24. The second-order valence-corrected chi connectivity index (χ2v) is 9.20. The molecule has 2 aromatic heterocycles. The van der Waals surface area contributed by atoms with Crippen molar-refractivity contribution < 1.29 is 0 Å². The molecule has 0 atom stereocenters. The van der Waals surface area contributed by atoms with Gasteiger partial charge < -0.3 is 10.2 Å². The van der Waals surface area contributed by atoms with Crippen molar-refractivity contribution in [2.45, 2.75) is 45.2 Å². The van der Waals surface area contributed by atoms with Gasteiger partial charge in [0.05, 0.1) is 16.2 Å². The molecule has 0 bridgehead atoms. The highest BCUT2D eigenvalue weighted by atomic mass is 32.1. The summed E-state index contributed by atoms with van der Waals surface area (Å²) in [5.41, 5.74) is 2.21. The standard InChI is InChI=1S/C22H28N6S/c1-16-23-18(15-29-16)14-27-10-12-28(13-11-27)22-25-20-9-5-4-8-19(20)21(26-22)24-17-6-2-3-7-17/h4-5,8-9,15,17H,2-3,6-7,10-14H2,1H3,(H,24,25,26). The molecular weight excluding hydrogens is 380 g/mol. The summed E-state index contributed by atoms with van der Waals surface area (Å²) in [6.07, 6.45) is 5.10. The lowest BCUT2D eigenvalue weighted by Gasteiger charge is -2.34. The van der Waals surface area contributed by atoms with Crippen LogP contribution >= 0.6 is 11.3 Å². The average molecular weight is 409 g/mol. The molecule has 0 radical (unpaired) electrons. The van der Waals surface area contributed by atoms with Crippen molar-refractivity contribution in [2.75, 3.05) is 36.4 Å². The first kappa shape index (κ1) is 18.8. The van der Waals surface area contributed by atoms with E-state index in [0.717, 1.165) is 60.4 Å². The van der Waals surface area contributed by atoms with E-state index in [9.17, 15) is 0 Å². The van der Waals surface area contributed by atoms with Crippen LogP contribution < -0.4 is 10.2 Å². The van der Waals surface area contributed by atoms with Gasteiger partial charge in [0.2, 0.25) is 5.95 Å². The van der Waals surface area contributed by atoms with Gasteiger partial charge >= 0.3 is 0 Å². The molecule has 1 aromatic carbocycles. The maximum atomic E-state index is 4.97. The van der Waals surface area contributed by atoms with Crippen molar-refractivity contribution >= 4 is 34.0 Å². The van der Waals surface area contributed by atoms with Crippen LogP contribution in [0.4, 0.5) is 11.8 Å².